The lowest BCUT2D eigenvalue weighted by atomic mass is 10.0. The number of rotatable bonds is 8. The van der Waals surface area contributed by atoms with Crippen molar-refractivity contribution in [3.63, 3.8) is 0 Å². The number of aromatic nitrogens is 2. The molecule has 154 valence electrons. The minimum atomic E-state index is 0.0419. The van der Waals surface area contributed by atoms with E-state index < -0.39 is 0 Å². The number of nitrogens with zero attached hydrogens (tertiary/aromatic N) is 5. The SMILES string of the molecule is CCN(CC)C(CNC(=NC)N1CCOC(c2cnn(C)c2)C1)CC(C)C. The van der Waals surface area contributed by atoms with Crippen LogP contribution in [0.15, 0.2) is 17.4 Å². The zero-order chi connectivity index (χ0) is 19.8. The van der Waals surface area contributed by atoms with Crippen molar-refractivity contribution in [3.8, 4) is 0 Å². The maximum atomic E-state index is 5.97. The second-order valence-corrected chi connectivity index (χ2v) is 7.69. The lowest BCUT2D eigenvalue weighted by molar-refractivity contribution is -0.00815. The predicted octanol–water partition coefficient (Wildman–Crippen LogP) is 2.13. The zero-order valence-electron chi connectivity index (χ0n) is 18.0. The zero-order valence-corrected chi connectivity index (χ0v) is 18.0. The Morgan fingerprint density at radius 1 is 1.41 bits per heavy atom. The quantitative estimate of drug-likeness (QED) is 0.555. The molecule has 0 saturated carbocycles. The van der Waals surface area contributed by atoms with E-state index in [0.29, 0.717) is 18.6 Å². The minimum absolute atomic E-state index is 0.0419. The van der Waals surface area contributed by atoms with Crippen LogP contribution in [0.1, 0.15) is 45.8 Å². The van der Waals surface area contributed by atoms with E-state index in [-0.39, 0.29) is 6.10 Å². The molecule has 2 atom stereocenters. The van der Waals surface area contributed by atoms with Gasteiger partial charge in [0.25, 0.3) is 0 Å². The van der Waals surface area contributed by atoms with E-state index in [4.69, 9.17) is 4.74 Å². The molecule has 7 heteroatoms. The summed E-state index contributed by atoms with van der Waals surface area (Å²) in [5, 5.41) is 7.90. The Kier molecular flexibility index (Phi) is 8.57. The van der Waals surface area contributed by atoms with Gasteiger partial charge in [-0.25, -0.2) is 0 Å². The summed E-state index contributed by atoms with van der Waals surface area (Å²) in [5.41, 5.74) is 1.12. The number of aryl methyl sites for hydroxylation is 1. The summed E-state index contributed by atoms with van der Waals surface area (Å²) in [5.74, 6) is 1.64. The number of hydrogen-bond acceptors (Lipinski definition) is 4. The molecule has 0 radical (unpaired) electrons. The summed E-state index contributed by atoms with van der Waals surface area (Å²) in [6.45, 7) is 14.5. The van der Waals surface area contributed by atoms with Crippen LogP contribution in [0, 0.1) is 5.92 Å². The highest BCUT2D eigenvalue weighted by molar-refractivity contribution is 5.80. The highest BCUT2D eigenvalue weighted by atomic mass is 16.5. The van der Waals surface area contributed by atoms with Crippen molar-refractivity contribution in [1.82, 2.24) is 24.9 Å². The predicted molar refractivity (Wildman–Crippen MR) is 111 cm³/mol. The summed E-state index contributed by atoms with van der Waals surface area (Å²) in [7, 11) is 3.80. The fourth-order valence-electron chi connectivity index (χ4n) is 3.84. The maximum Gasteiger partial charge on any atom is 0.193 e. The van der Waals surface area contributed by atoms with Gasteiger partial charge in [-0.1, -0.05) is 27.7 Å². The monoisotopic (exact) mass is 378 g/mol. The van der Waals surface area contributed by atoms with Gasteiger partial charge in [-0.15, -0.1) is 0 Å². The third-order valence-electron chi connectivity index (χ3n) is 5.24. The van der Waals surface area contributed by atoms with Gasteiger partial charge in [0.05, 0.1) is 19.3 Å². The largest absolute Gasteiger partial charge is 0.370 e. The van der Waals surface area contributed by atoms with Crippen molar-refractivity contribution in [2.45, 2.75) is 46.3 Å². The summed E-state index contributed by atoms with van der Waals surface area (Å²) in [4.78, 5) is 9.38. The van der Waals surface area contributed by atoms with Gasteiger partial charge in [-0.3, -0.25) is 14.6 Å². The third kappa shape index (κ3) is 6.21. The van der Waals surface area contributed by atoms with Crippen LogP contribution >= 0.6 is 0 Å². The molecular formula is C20H38N6O. The van der Waals surface area contributed by atoms with Crippen LogP contribution in [0.4, 0.5) is 0 Å². The average molecular weight is 379 g/mol. The Labute approximate surface area is 164 Å². The molecule has 1 aromatic heterocycles. The fraction of sp³-hybridized carbons (Fsp3) is 0.800. The summed E-state index contributed by atoms with van der Waals surface area (Å²) >= 11 is 0. The van der Waals surface area contributed by atoms with Gasteiger partial charge in [-0.05, 0) is 25.4 Å². The highest BCUT2D eigenvalue weighted by Crippen LogP contribution is 2.21. The second kappa shape index (κ2) is 10.7. The Morgan fingerprint density at radius 3 is 2.70 bits per heavy atom. The van der Waals surface area contributed by atoms with E-state index in [2.05, 4.69) is 52.9 Å². The molecule has 0 amide bonds. The molecule has 1 aliphatic heterocycles. The molecule has 1 aliphatic rings. The number of guanidine groups is 1. The molecule has 0 aromatic carbocycles. The smallest absolute Gasteiger partial charge is 0.193 e. The summed E-state index contributed by atoms with van der Waals surface area (Å²) in [6, 6.07) is 0.520. The van der Waals surface area contributed by atoms with Crippen molar-refractivity contribution in [3.05, 3.63) is 18.0 Å². The number of hydrogen-bond donors (Lipinski definition) is 1. The van der Waals surface area contributed by atoms with Crippen LogP contribution in [0.5, 0.6) is 0 Å². The Bertz CT molecular complexity index is 581. The lowest BCUT2D eigenvalue weighted by Crippen LogP contribution is -2.52. The van der Waals surface area contributed by atoms with Crippen LogP contribution < -0.4 is 5.32 Å². The first-order chi connectivity index (χ1) is 13.0. The second-order valence-electron chi connectivity index (χ2n) is 7.69. The van der Waals surface area contributed by atoms with Gasteiger partial charge in [0.2, 0.25) is 0 Å². The van der Waals surface area contributed by atoms with Crippen LogP contribution in [0.3, 0.4) is 0 Å². The van der Waals surface area contributed by atoms with Gasteiger partial charge in [0.1, 0.15) is 6.10 Å². The third-order valence-corrected chi connectivity index (χ3v) is 5.24. The molecule has 1 fully saturated rings. The molecule has 0 spiro atoms. The lowest BCUT2D eigenvalue weighted by Gasteiger charge is -2.36. The van der Waals surface area contributed by atoms with Crippen LogP contribution in [0.2, 0.25) is 0 Å². The van der Waals surface area contributed by atoms with Gasteiger partial charge in [0, 0.05) is 45.0 Å². The fourth-order valence-corrected chi connectivity index (χ4v) is 3.84. The van der Waals surface area contributed by atoms with E-state index in [9.17, 15) is 0 Å². The number of nitrogens with one attached hydrogen (secondary N) is 1. The number of likely N-dealkylation sites (N-methyl/N-ethyl adjacent to an activating group) is 1. The molecule has 7 nitrogen and oxygen atoms in total. The Morgan fingerprint density at radius 2 is 2.15 bits per heavy atom. The van der Waals surface area contributed by atoms with E-state index in [0.717, 1.165) is 44.2 Å². The van der Waals surface area contributed by atoms with Crippen LogP contribution in [0.25, 0.3) is 0 Å². The Hall–Kier alpha value is -1.60. The summed E-state index contributed by atoms with van der Waals surface area (Å²) < 4.78 is 7.79. The molecule has 2 rings (SSSR count). The average Bonchev–Trinajstić information content (AvgIpc) is 3.09. The molecule has 1 saturated heterocycles. The molecule has 1 N–H and O–H groups in total. The first-order valence-corrected chi connectivity index (χ1v) is 10.3. The summed E-state index contributed by atoms with van der Waals surface area (Å²) in [6.07, 6.45) is 5.15. The normalized spacial score (nSPS) is 19.8. The highest BCUT2D eigenvalue weighted by Gasteiger charge is 2.26. The van der Waals surface area contributed by atoms with Crippen LogP contribution in [-0.2, 0) is 11.8 Å². The molecule has 2 heterocycles. The maximum absolute atomic E-state index is 5.97. The van der Waals surface area contributed by atoms with Crippen molar-refractivity contribution < 1.29 is 4.74 Å². The number of aliphatic imine (C=N–C) groups is 1. The minimum Gasteiger partial charge on any atom is -0.370 e. The number of ether oxygens (including phenoxy) is 1. The first kappa shape index (κ1) is 21.7. The van der Waals surface area contributed by atoms with E-state index in [1.165, 1.54) is 6.42 Å². The van der Waals surface area contributed by atoms with E-state index in [1.807, 2.05) is 31.2 Å². The number of morpholine rings is 1. The van der Waals surface area contributed by atoms with Gasteiger partial charge < -0.3 is 15.0 Å². The molecular weight excluding hydrogens is 340 g/mol. The molecule has 0 aliphatic carbocycles. The van der Waals surface area contributed by atoms with Crippen molar-refractivity contribution >= 4 is 5.96 Å². The topological polar surface area (TPSA) is 57.9 Å². The van der Waals surface area contributed by atoms with Crippen LogP contribution in [-0.4, -0.2) is 78.0 Å². The first-order valence-electron chi connectivity index (χ1n) is 10.3. The molecule has 2 unspecified atom stereocenters. The van der Waals surface area contributed by atoms with Gasteiger partial charge in [0.15, 0.2) is 5.96 Å². The molecule has 1 aromatic rings. The molecule has 27 heavy (non-hydrogen) atoms. The van der Waals surface area contributed by atoms with E-state index >= 15 is 0 Å². The standard InChI is InChI=1S/C20H38N6O/c1-7-25(8-2)18(11-16(3)4)13-22-20(21-5)26-9-10-27-19(15-26)17-12-23-24(6)14-17/h12,14,16,18-19H,7-11,13,15H2,1-6H3,(H,21,22). The van der Waals surface area contributed by atoms with E-state index in [1.54, 1.807) is 0 Å². The van der Waals surface area contributed by atoms with Crippen molar-refractivity contribution in [1.29, 1.82) is 0 Å². The van der Waals surface area contributed by atoms with Crippen molar-refractivity contribution in [2.24, 2.45) is 18.0 Å². The molecule has 0 bridgehead atoms. The Balaban J connectivity index is 1.98. The van der Waals surface area contributed by atoms with Crippen molar-refractivity contribution in [2.75, 3.05) is 46.4 Å². The van der Waals surface area contributed by atoms with Gasteiger partial charge >= 0.3 is 0 Å². The van der Waals surface area contributed by atoms with Gasteiger partial charge in [-0.2, -0.15) is 5.10 Å².